The maximum Gasteiger partial charge on any atom is 0.270 e. The lowest BCUT2D eigenvalue weighted by atomic mass is 10.1. The summed E-state index contributed by atoms with van der Waals surface area (Å²) in [6.07, 6.45) is 1.69. The molecule has 1 heterocycles. The smallest absolute Gasteiger partial charge is 0.270 e. The SMILES string of the molecule is CCN(CC)/C(=N\c1nccs1)c1cccc([N+](=O)[O-])c1. The molecule has 0 spiro atoms. The number of nitro groups is 1. The molecule has 0 aliphatic carbocycles. The van der Waals surface area contributed by atoms with Crippen molar-refractivity contribution in [3.8, 4) is 0 Å². The van der Waals surface area contributed by atoms with Crippen molar-refractivity contribution >= 4 is 28.0 Å². The number of hydrogen-bond donors (Lipinski definition) is 0. The van der Waals surface area contributed by atoms with E-state index in [1.54, 1.807) is 18.3 Å². The minimum atomic E-state index is -0.396. The lowest BCUT2D eigenvalue weighted by molar-refractivity contribution is -0.384. The van der Waals surface area contributed by atoms with Gasteiger partial charge < -0.3 is 4.90 Å². The molecule has 0 bridgehead atoms. The first-order chi connectivity index (χ1) is 10.2. The summed E-state index contributed by atoms with van der Waals surface area (Å²) in [6, 6.07) is 6.53. The third-order valence-corrected chi connectivity index (χ3v) is 3.66. The predicted molar refractivity (Wildman–Crippen MR) is 84.3 cm³/mol. The van der Waals surface area contributed by atoms with Crippen LogP contribution in [0.15, 0.2) is 40.8 Å². The zero-order chi connectivity index (χ0) is 15.2. The topological polar surface area (TPSA) is 71.6 Å². The van der Waals surface area contributed by atoms with Crippen molar-refractivity contribution in [3.05, 3.63) is 51.5 Å². The predicted octanol–water partition coefficient (Wildman–Crippen LogP) is 3.47. The maximum atomic E-state index is 10.9. The van der Waals surface area contributed by atoms with Gasteiger partial charge in [-0.05, 0) is 13.8 Å². The van der Waals surface area contributed by atoms with Crippen LogP contribution in [0.4, 0.5) is 10.8 Å². The Morgan fingerprint density at radius 2 is 2.19 bits per heavy atom. The Hall–Kier alpha value is -2.28. The van der Waals surface area contributed by atoms with Crippen molar-refractivity contribution in [1.82, 2.24) is 9.88 Å². The van der Waals surface area contributed by atoms with Crippen LogP contribution >= 0.6 is 11.3 Å². The number of benzene rings is 1. The van der Waals surface area contributed by atoms with E-state index in [0.717, 1.165) is 18.7 Å². The summed E-state index contributed by atoms with van der Waals surface area (Å²) in [5.41, 5.74) is 0.787. The third kappa shape index (κ3) is 3.63. The monoisotopic (exact) mass is 304 g/mol. The summed E-state index contributed by atoms with van der Waals surface area (Å²) in [4.78, 5) is 21.3. The molecule has 1 aromatic carbocycles. The zero-order valence-corrected chi connectivity index (χ0v) is 12.7. The standard InChI is InChI=1S/C14H16N4O2S/c1-3-17(4-2)13(16-14-15-8-9-21-14)11-6-5-7-12(10-11)18(19)20/h5-10H,3-4H2,1-2H3/b16-13-. The van der Waals surface area contributed by atoms with Gasteiger partial charge in [0.1, 0.15) is 5.84 Å². The fraction of sp³-hybridized carbons (Fsp3) is 0.286. The molecule has 1 aromatic heterocycles. The summed E-state index contributed by atoms with van der Waals surface area (Å²) < 4.78 is 0. The third-order valence-electron chi connectivity index (χ3n) is 3.00. The molecule has 0 aliphatic heterocycles. The molecule has 0 aliphatic rings. The van der Waals surface area contributed by atoms with Gasteiger partial charge in [-0.25, -0.2) is 9.98 Å². The van der Waals surface area contributed by atoms with E-state index in [4.69, 9.17) is 0 Å². The first kappa shape index (κ1) is 15.1. The van der Waals surface area contributed by atoms with Gasteiger partial charge in [0.2, 0.25) is 5.13 Å². The molecule has 6 nitrogen and oxygen atoms in total. The van der Waals surface area contributed by atoms with Crippen LogP contribution in [0.5, 0.6) is 0 Å². The minimum Gasteiger partial charge on any atom is -0.357 e. The lowest BCUT2D eigenvalue weighted by Gasteiger charge is -2.22. The van der Waals surface area contributed by atoms with E-state index < -0.39 is 4.92 Å². The fourth-order valence-electron chi connectivity index (χ4n) is 1.96. The molecule has 7 heteroatoms. The summed E-state index contributed by atoms with van der Waals surface area (Å²) in [5.74, 6) is 0.707. The number of thiazole rings is 1. The quantitative estimate of drug-likeness (QED) is 0.367. The van der Waals surface area contributed by atoms with Gasteiger partial charge in [-0.2, -0.15) is 0 Å². The van der Waals surface area contributed by atoms with E-state index in [-0.39, 0.29) is 5.69 Å². The lowest BCUT2D eigenvalue weighted by Crippen LogP contribution is -2.31. The highest BCUT2D eigenvalue weighted by Gasteiger charge is 2.15. The Bertz CT molecular complexity index is 636. The van der Waals surface area contributed by atoms with Crippen molar-refractivity contribution in [2.45, 2.75) is 13.8 Å². The number of nitrogens with zero attached hydrogens (tertiary/aromatic N) is 4. The minimum absolute atomic E-state index is 0.0616. The molecule has 0 amide bonds. The van der Waals surface area contributed by atoms with Crippen LogP contribution in [0.1, 0.15) is 19.4 Å². The van der Waals surface area contributed by atoms with Crippen molar-refractivity contribution in [3.63, 3.8) is 0 Å². The van der Waals surface area contributed by atoms with E-state index in [1.165, 1.54) is 17.4 Å². The van der Waals surface area contributed by atoms with Crippen molar-refractivity contribution in [2.75, 3.05) is 13.1 Å². The first-order valence-corrected chi connectivity index (χ1v) is 7.51. The number of aliphatic imine (C=N–C) groups is 1. The van der Waals surface area contributed by atoms with E-state index in [1.807, 2.05) is 25.3 Å². The average molecular weight is 304 g/mol. The molecule has 0 fully saturated rings. The van der Waals surface area contributed by atoms with Gasteiger partial charge in [-0.15, -0.1) is 11.3 Å². The zero-order valence-electron chi connectivity index (χ0n) is 11.9. The van der Waals surface area contributed by atoms with Crippen LogP contribution in [0.2, 0.25) is 0 Å². The van der Waals surface area contributed by atoms with Crippen LogP contribution in [0.25, 0.3) is 0 Å². The second-order valence-electron chi connectivity index (χ2n) is 4.23. The van der Waals surface area contributed by atoms with Gasteiger partial charge in [-0.1, -0.05) is 12.1 Å². The van der Waals surface area contributed by atoms with Crippen LogP contribution in [0.3, 0.4) is 0 Å². The number of amidine groups is 1. The molecule has 2 rings (SSSR count). The first-order valence-electron chi connectivity index (χ1n) is 6.63. The molecule has 0 atom stereocenters. The van der Waals surface area contributed by atoms with E-state index in [2.05, 4.69) is 14.9 Å². The molecule has 0 unspecified atom stereocenters. The van der Waals surface area contributed by atoms with Crippen molar-refractivity contribution in [2.24, 2.45) is 4.99 Å². The van der Waals surface area contributed by atoms with Crippen LogP contribution in [-0.2, 0) is 0 Å². The molecule has 2 aromatic rings. The summed E-state index contributed by atoms with van der Waals surface area (Å²) in [6.45, 7) is 5.59. The number of rotatable bonds is 5. The van der Waals surface area contributed by atoms with E-state index in [0.29, 0.717) is 11.0 Å². The Kier molecular flexibility index (Phi) is 4.99. The Labute approximate surface area is 126 Å². The molecule has 110 valence electrons. The van der Waals surface area contributed by atoms with E-state index in [9.17, 15) is 10.1 Å². The van der Waals surface area contributed by atoms with Gasteiger partial charge in [-0.3, -0.25) is 10.1 Å². The average Bonchev–Trinajstić information content (AvgIpc) is 3.00. The summed E-state index contributed by atoms with van der Waals surface area (Å²) >= 11 is 1.44. The molecule has 21 heavy (non-hydrogen) atoms. The highest BCUT2D eigenvalue weighted by atomic mass is 32.1. The Balaban J connectivity index is 2.49. The number of aromatic nitrogens is 1. The molecule has 0 saturated heterocycles. The van der Waals surface area contributed by atoms with Gasteiger partial charge >= 0.3 is 0 Å². The molecular formula is C14H16N4O2S. The van der Waals surface area contributed by atoms with Crippen molar-refractivity contribution < 1.29 is 4.92 Å². The number of non-ortho nitro benzene ring substituents is 1. The van der Waals surface area contributed by atoms with Gasteiger partial charge in [0, 0.05) is 42.4 Å². The highest BCUT2D eigenvalue weighted by molar-refractivity contribution is 7.13. The van der Waals surface area contributed by atoms with Gasteiger partial charge in [0.25, 0.3) is 5.69 Å². The summed E-state index contributed by atoms with van der Waals surface area (Å²) in [5, 5.41) is 13.4. The van der Waals surface area contributed by atoms with Gasteiger partial charge in [0.15, 0.2) is 0 Å². The van der Waals surface area contributed by atoms with Crippen LogP contribution in [0, 0.1) is 10.1 Å². The molecule has 0 saturated carbocycles. The number of nitro benzene ring substituents is 1. The molecule has 0 N–H and O–H groups in total. The van der Waals surface area contributed by atoms with Gasteiger partial charge in [0.05, 0.1) is 4.92 Å². The van der Waals surface area contributed by atoms with Crippen LogP contribution in [-0.4, -0.2) is 33.7 Å². The Morgan fingerprint density at radius 1 is 1.43 bits per heavy atom. The number of hydrogen-bond acceptors (Lipinski definition) is 5. The van der Waals surface area contributed by atoms with Crippen LogP contribution < -0.4 is 0 Å². The fourth-order valence-corrected chi connectivity index (χ4v) is 2.47. The maximum absolute atomic E-state index is 10.9. The Morgan fingerprint density at radius 3 is 2.76 bits per heavy atom. The second-order valence-corrected chi connectivity index (χ2v) is 5.10. The second kappa shape index (κ2) is 6.94. The molecular weight excluding hydrogens is 288 g/mol. The normalized spacial score (nSPS) is 11.4. The van der Waals surface area contributed by atoms with E-state index >= 15 is 0 Å². The van der Waals surface area contributed by atoms with Crippen molar-refractivity contribution in [1.29, 1.82) is 0 Å². The summed E-state index contributed by atoms with van der Waals surface area (Å²) in [7, 11) is 0. The largest absolute Gasteiger partial charge is 0.357 e. The highest BCUT2D eigenvalue weighted by Crippen LogP contribution is 2.20. The molecule has 0 radical (unpaired) electrons.